The molecule has 0 bridgehead atoms. The molecule has 7 heteroatoms. The number of nitrogens with one attached hydrogen (secondary N) is 1. The lowest BCUT2D eigenvalue weighted by Crippen LogP contribution is -2.26. The molecule has 0 unspecified atom stereocenters. The third-order valence-corrected chi connectivity index (χ3v) is 5.66. The summed E-state index contributed by atoms with van der Waals surface area (Å²) in [6.45, 7) is 0.938. The lowest BCUT2D eigenvalue weighted by Gasteiger charge is -2.13. The van der Waals surface area contributed by atoms with Crippen molar-refractivity contribution in [2.75, 3.05) is 20.3 Å². The van der Waals surface area contributed by atoms with Crippen LogP contribution in [0.1, 0.15) is 32.1 Å². The number of hydrogen-bond donors (Lipinski definition) is 1. The smallest absolute Gasteiger partial charge is 0.244 e. The van der Waals surface area contributed by atoms with Crippen LogP contribution in [0.15, 0.2) is 27.6 Å². The van der Waals surface area contributed by atoms with Crippen LogP contribution in [-0.4, -0.2) is 34.8 Å². The standard InChI is InChI=1S/C15H22BrNO4S/c1-20-14-8-7-12(16)11-15(14)22(18,19)17-9-4-10-21-13-5-2-3-6-13/h7-8,11,13,17H,2-6,9-10H2,1H3. The highest BCUT2D eigenvalue weighted by molar-refractivity contribution is 9.10. The fourth-order valence-corrected chi connectivity index (χ4v) is 4.30. The molecule has 0 amide bonds. The van der Waals surface area contributed by atoms with E-state index in [1.54, 1.807) is 12.1 Å². The quantitative estimate of drug-likeness (QED) is 0.691. The number of ether oxygens (including phenoxy) is 2. The molecule has 0 spiro atoms. The minimum atomic E-state index is -3.59. The van der Waals surface area contributed by atoms with E-state index < -0.39 is 10.0 Å². The van der Waals surface area contributed by atoms with Crippen molar-refractivity contribution in [2.45, 2.75) is 43.1 Å². The van der Waals surface area contributed by atoms with Crippen LogP contribution in [0.5, 0.6) is 5.75 Å². The highest BCUT2D eigenvalue weighted by Gasteiger charge is 2.19. The van der Waals surface area contributed by atoms with Crippen molar-refractivity contribution >= 4 is 26.0 Å². The zero-order valence-electron chi connectivity index (χ0n) is 12.7. The maximum Gasteiger partial charge on any atom is 0.244 e. The van der Waals surface area contributed by atoms with E-state index in [2.05, 4.69) is 20.7 Å². The summed E-state index contributed by atoms with van der Waals surface area (Å²) in [6, 6.07) is 4.91. The molecule has 0 radical (unpaired) electrons. The van der Waals surface area contributed by atoms with Gasteiger partial charge in [0.1, 0.15) is 10.6 Å². The number of benzene rings is 1. The fourth-order valence-electron chi connectivity index (χ4n) is 2.52. The molecule has 0 saturated heterocycles. The zero-order chi connectivity index (χ0) is 16.0. The Morgan fingerprint density at radius 3 is 2.73 bits per heavy atom. The first-order valence-corrected chi connectivity index (χ1v) is 9.75. The van der Waals surface area contributed by atoms with E-state index in [-0.39, 0.29) is 4.90 Å². The Balaban J connectivity index is 1.84. The van der Waals surface area contributed by atoms with Crippen LogP contribution >= 0.6 is 15.9 Å². The van der Waals surface area contributed by atoms with Gasteiger partial charge >= 0.3 is 0 Å². The molecule has 1 saturated carbocycles. The molecule has 0 atom stereocenters. The largest absolute Gasteiger partial charge is 0.495 e. The normalized spacial score (nSPS) is 16.1. The highest BCUT2D eigenvalue weighted by Crippen LogP contribution is 2.27. The van der Waals surface area contributed by atoms with E-state index in [1.807, 2.05) is 0 Å². The molecule has 0 aromatic heterocycles. The first-order valence-electron chi connectivity index (χ1n) is 7.48. The molecule has 1 N–H and O–H groups in total. The summed E-state index contributed by atoms with van der Waals surface area (Å²) < 4.78 is 38.8. The van der Waals surface area contributed by atoms with Gasteiger partial charge in [0.2, 0.25) is 10.0 Å². The Kier molecular flexibility index (Phi) is 6.67. The van der Waals surface area contributed by atoms with Gasteiger partial charge in [-0.25, -0.2) is 13.1 Å². The van der Waals surface area contributed by atoms with Gasteiger partial charge in [-0.15, -0.1) is 0 Å². The van der Waals surface area contributed by atoms with Gasteiger partial charge in [0.25, 0.3) is 0 Å². The molecular formula is C15H22BrNO4S. The van der Waals surface area contributed by atoms with Crippen molar-refractivity contribution in [1.29, 1.82) is 0 Å². The minimum absolute atomic E-state index is 0.140. The summed E-state index contributed by atoms with van der Waals surface area (Å²) in [5.41, 5.74) is 0. The predicted octanol–water partition coefficient (Wildman–Crippen LogP) is 3.09. The SMILES string of the molecule is COc1ccc(Br)cc1S(=O)(=O)NCCCOC1CCCC1. The van der Waals surface area contributed by atoms with Gasteiger partial charge in [0.15, 0.2) is 0 Å². The van der Waals surface area contributed by atoms with Crippen molar-refractivity contribution in [3.05, 3.63) is 22.7 Å². The van der Waals surface area contributed by atoms with E-state index in [4.69, 9.17) is 9.47 Å². The van der Waals surface area contributed by atoms with Gasteiger partial charge in [-0.2, -0.15) is 0 Å². The third-order valence-electron chi connectivity index (χ3n) is 3.68. The summed E-state index contributed by atoms with van der Waals surface area (Å²) in [7, 11) is -2.13. The molecular weight excluding hydrogens is 370 g/mol. The second kappa shape index (κ2) is 8.29. The van der Waals surface area contributed by atoms with Gasteiger partial charge in [-0.05, 0) is 37.5 Å². The van der Waals surface area contributed by atoms with E-state index in [0.29, 0.717) is 35.9 Å². The van der Waals surface area contributed by atoms with Crippen molar-refractivity contribution < 1.29 is 17.9 Å². The molecule has 1 aromatic rings. The van der Waals surface area contributed by atoms with Crippen LogP contribution in [0, 0.1) is 0 Å². The van der Waals surface area contributed by atoms with Crippen LogP contribution in [0.4, 0.5) is 0 Å². The summed E-state index contributed by atoms with van der Waals surface area (Å²) >= 11 is 3.28. The molecule has 0 heterocycles. The van der Waals surface area contributed by atoms with Crippen molar-refractivity contribution in [2.24, 2.45) is 0 Å². The average molecular weight is 392 g/mol. The van der Waals surface area contributed by atoms with E-state index >= 15 is 0 Å². The van der Waals surface area contributed by atoms with E-state index in [1.165, 1.54) is 26.0 Å². The second-order valence-corrected chi connectivity index (χ2v) is 7.97. The van der Waals surface area contributed by atoms with Gasteiger partial charge in [-0.1, -0.05) is 28.8 Å². The summed E-state index contributed by atoms with van der Waals surface area (Å²) in [5, 5.41) is 0. The lowest BCUT2D eigenvalue weighted by molar-refractivity contribution is 0.0575. The zero-order valence-corrected chi connectivity index (χ0v) is 15.1. The molecule has 124 valence electrons. The Bertz CT molecular complexity index is 585. The van der Waals surface area contributed by atoms with Gasteiger partial charge < -0.3 is 9.47 Å². The van der Waals surface area contributed by atoms with Crippen molar-refractivity contribution in [3.8, 4) is 5.75 Å². The maximum absolute atomic E-state index is 12.3. The van der Waals surface area contributed by atoms with Gasteiger partial charge in [0, 0.05) is 17.6 Å². The molecule has 1 aromatic carbocycles. The van der Waals surface area contributed by atoms with Crippen LogP contribution < -0.4 is 9.46 Å². The molecule has 1 fully saturated rings. The monoisotopic (exact) mass is 391 g/mol. The second-order valence-electron chi connectivity index (χ2n) is 5.32. The van der Waals surface area contributed by atoms with Crippen molar-refractivity contribution in [3.63, 3.8) is 0 Å². The van der Waals surface area contributed by atoms with E-state index in [0.717, 1.165) is 12.8 Å². The average Bonchev–Trinajstić information content (AvgIpc) is 3.00. The summed E-state index contributed by atoms with van der Waals surface area (Å²) in [4.78, 5) is 0.140. The molecule has 1 aliphatic carbocycles. The first kappa shape index (κ1) is 17.7. The Morgan fingerprint density at radius 1 is 1.32 bits per heavy atom. The third kappa shape index (κ3) is 4.94. The number of halogens is 1. The van der Waals surface area contributed by atoms with E-state index in [9.17, 15) is 8.42 Å². The van der Waals surface area contributed by atoms with Gasteiger partial charge in [-0.3, -0.25) is 0 Å². The summed E-state index contributed by atoms with van der Waals surface area (Å²) in [5.74, 6) is 0.331. The molecule has 22 heavy (non-hydrogen) atoms. The molecule has 5 nitrogen and oxygen atoms in total. The predicted molar refractivity (Wildman–Crippen MR) is 88.7 cm³/mol. The Morgan fingerprint density at radius 2 is 2.05 bits per heavy atom. The van der Waals surface area contributed by atoms with Crippen LogP contribution in [0.25, 0.3) is 0 Å². The Labute approximate surface area is 140 Å². The van der Waals surface area contributed by atoms with Gasteiger partial charge in [0.05, 0.1) is 13.2 Å². The number of sulfonamides is 1. The fraction of sp³-hybridized carbons (Fsp3) is 0.600. The maximum atomic E-state index is 12.3. The minimum Gasteiger partial charge on any atom is -0.495 e. The molecule has 2 rings (SSSR count). The topological polar surface area (TPSA) is 64.6 Å². The number of methoxy groups -OCH3 is 1. The Hall–Kier alpha value is -0.630. The van der Waals surface area contributed by atoms with Crippen LogP contribution in [0.2, 0.25) is 0 Å². The molecule has 0 aliphatic heterocycles. The van der Waals surface area contributed by atoms with Crippen LogP contribution in [0.3, 0.4) is 0 Å². The highest BCUT2D eigenvalue weighted by atomic mass is 79.9. The lowest BCUT2D eigenvalue weighted by atomic mass is 10.3. The summed E-state index contributed by atoms with van der Waals surface area (Å²) in [6.07, 6.45) is 5.75. The number of rotatable bonds is 8. The molecule has 1 aliphatic rings. The van der Waals surface area contributed by atoms with Crippen molar-refractivity contribution in [1.82, 2.24) is 4.72 Å². The number of hydrogen-bond acceptors (Lipinski definition) is 4. The first-order chi connectivity index (χ1) is 10.5. The van der Waals surface area contributed by atoms with Crippen LogP contribution in [-0.2, 0) is 14.8 Å².